The minimum atomic E-state index is 0.810. The van der Waals surface area contributed by atoms with E-state index in [9.17, 15) is 0 Å². The lowest BCUT2D eigenvalue weighted by Crippen LogP contribution is -1.82. The molecule has 3 heteroatoms. The molecule has 0 saturated carbocycles. The van der Waals surface area contributed by atoms with E-state index in [2.05, 4.69) is 33.2 Å². The maximum atomic E-state index is 4.42. The topological polar surface area (TPSA) is 41.6 Å². The Bertz CT molecular complexity index is 840. The molecule has 1 radical (unpaired) electrons. The van der Waals surface area contributed by atoms with Crippen LogP contribution in [0, 0.1) is 6.07 Å². The first-order valence-electron chi connectivity index (χ1n) is 5.45. The Balaban J connectivity index is 2.38. The van der Waals surface area contributed by atoms with Gasteiger partial charge in [-0.2, -0.15) is 0 Å². The lowest BCUT2D eigenvalue weighted by molar-refractivity contribution is 1.30. The van der Waals surface area contributed by atoms with Gasteiger partial charge in [0.2, 0.25) is 0 Å². The van der Waals surface area contributed by atoms with Crippen molar-refractivity contribution >= 4 is 32.8 Å². The van der Waals surface area contributed by atoms with E-state index in [4.69, 9.17) is 0 Å². The number of aromatic nitrogens is 3. The standard InChI is InChI=1S/C14H8N3/c1-2-4-10-9(3-1)13-11(17-10)5-6-12-14(13)16-8-7-15-12/h1-5,7-8,17H. The molecule has 2 aromatic carbocycles. The first-order valence-corrected chi connectivity index (χ1v) is 5.45. The summed E-state index contributed by atoms with van der Waals surface area (Å²) in [7, 11) is 0. The molecule has 0 fully saturated rings. The van der Waals surface area contributed by atoms with Crippen LogP contribution in [0.5, 0.6) is 0 Å². The maximum Gasteiger partial charge on any atom is 0.0993 e. The average molecular weight is 218 g/mol. The summed E-state index contributed by atoms with van der Waals surface area (Å²) in [6.45, 7) is 0. The molecular formula is C14H8N3. The van der Waals surface area contributed by atoms with Gasteiger partial charge in [-0.1, -0.05) is 18.2 Å². The van der Waals surface area contributed by atoms with Crippen LogP contribution >= 0.6 is 0 Å². The number of para-hydroxylation sites is 1. The van der Waals surface area contributed by atoms with Gasteiger partial charge in [0.15, 0.2) is 0 Å². The minimum absolute atomic E-state index is 0.810. The molecule has 0 unspecified atom stereocenters. The number of nitrogens with one attached hydrogen (secondary N) is 1. The third kappa shape index (κ3) is 1.11. The highest BCUT2D eigenvalue weighted by Gasteiger charge is 2.08. The molecule has 0 aliphatic rings. The Morgan fingerprint density at radius 1 is 1.00 bits per heavy atom. The Kier molecular flexibility index (Phi) is 1.56. The SMILES string of the molecule is [c]1cc2[nH]c3ccccc3c2c2nccnc12. The zero-order chi connectivity index (χ0) is 11.2. The van der Waals surface area contributed by atoms with Crippen LogP contribution in [-0.4, -0.2) is 15.0 Å². The number of rotatable bonds is 0. The third-order valence-corrected chi connectivity index (χ3v) is 3.02. The molecule has 17 heavy (non-hydrogen) atoms. The Morgan fingerprint density at radius 2 is 1.88 bits per heavy atom. The van der Waals surface area contributed by atoms with E-state index in [1.807, 2.05) is 18.2 Å². The van der Waals surface area contributed by atoms with Crippen LogP contribution in [0.1, 0.15) is 0 Å². The molecule has 0 aliphatic heterocycles. The predicted octanol–water partition coefficient (Wildman–Crippen LogP) is 3.06. The average Bonchev–Trinajstić information content (AvgIpc) is 2.77. The molecule has 0 spiro atoms. The van der Waals surface area contributed by atoms with Gasteiger partial charge in [-0.15, -0.1) is 0 Å². The maximum absolute atomic E-state index is 4.42. The highest BCUT2D eigenvalue weighted by atomic mass is 14.8. The Labute approximate surface area is 97.1 Å². The zero-order valence-electron chi connectivity index (χ0n) is 8.94. The van der Waals surface area contributed by atoms with Crippen molar-refractivity contribution in [2.75, 3.05) is 0 Å². The van der Waals surface area contributed by atoms with Crippen molar-refractivity contribution in [1.82, 2.24) is 15.0 Å². The van der Waals surface area contributed by atoms with Crippen LogP contribution in [0.2, 0.25) is 0 Å². The second kappa shape index (κ2) is 3.04. The molecule has 3 nitrogen and oxygen atoms in total. The number of nitrogens with zero attached hydrogens (tertiary/aromatic N) is 2. The lowest BCUT2D eigenvalue weighted by atomic mass is 10.1. The molecule has 0 aliphatic carbocycles. The zero-order valence-corrected chi connectivity index (χ0v) is 8.94. The van der Waals surface area contributed by atoms with Crippen molar-refractivity contribution in [1.29, 1.82) is 0 Å². The van der Waals surface area contributed by atoms with Gasteiger partial charge in [-0.05, 0) is 12.1 Å². The van der Waals surface area contributed by atoms with Crippen molar-refractivity contribution in [3.8, 4) is 0 Å². The van der Waals surface area contributed by atoms with E-state index in [0.717, 1.165) is 27.5 Å². The smallest absolute Gasteiger partial charge is 0.0993 e. The fourth-order valence-corrected chi connectivity index (χ4v) is 2.29. The molecule has 4 aromatic rings. The minimum Gasteiger partial charge on any atom is -0.354 e. The van der Waals surface area contributed by atoms with Crippen molar-refractivity contribution in [3.05, 3.63) is 48.8 Å². The Morgan fingerprint density at radius 3 is 2.88 bits per heavy atom. The first-order chi connectivity index (χ1) is 8.43. The fourth-order valence-electron chi connectivity index (χ4n) is 2.29. The van der Waals surface area contributed by atoms with Crippen LogP contribution in [-0.2, 0) is 0 Å². The number of benzene rings is 2. The van der Waals surface area contributed by atoms with Gasteiger partial charge < -0.3 is 4.98 Å². The van der Waals surface area contributed by atoms with E-state index in [0.29, 0.717) is 0 Å². The fraction of sp³-hybridized carbons (Fsp3) is 0. The van der Waals surface area contributed by atoms with Crippen LogP contribution in [0.4, 0.5) is 0 Å². The number of hydrogen-bond acceptors (Lipinski definition) is 2. The highest BCUT2D eigenvalue weighted by molar-refractivity contribution is 6.17. The van der Waals surface area contributed by atoms with Gasteiger partial charge in [0.05, 0.1) is 11.0 Å². The molecule has 0 saturated heterocycles. The van der Waals surface area contributed by atoms with Gasteiger partial charge in [0.1, 0.15) is 0 Å². The quantitative estimate of drug-likeness (QED) is 0.493. The molecule has 4 rings (SSSR count). The molecule has 0 atom stereocenters. The summed E-state index contributed by atoms with van der Waals surface area (Å²) in [4.78, 5) is 12.1. The highest BCUT2D eigenvalue weighted by Crippen LogP contribution is 2.29. The number of hydrogen-bond donors (Lipinski definition) is 1. The predicted molar refractivity (Wildman–Crippen MR) is 67.7 cm³/mol. The van der Waals surface area contributed by atoms with Gasteiger partial charge in [0.25, 0.3) is 0 Å². The van der Waals surface area contributed by atoms with Gasteiger partial charge >= 0.3 is 0 Å². The first kappa shape index (κ1) is 8.70. The van der Waals surface area contributed by atoms with Crippen molar-refractivity contribution in [2.24, 2.45) is 0 Å². The van der Waals surface area contributed by atoms with E-state index in [1.54, 1.807) is 12.4 Å². The third-order valence-electron chi connectivity index (χ3n) is 3.02. The molecule has 0 amide bonds. The summed E-state index contributed by atoms with van der Waals surface area (Å²) in [5.74, 6) is 0. The van der Waals surface area contributed by atoms with Crippen molar-refractivity contribution in [3.63, 3.8) is 0 Å². The van der Waals surface area contributed by atoms with Crippen LogP contribution < -0.4 is 0 Å². The summed E-state index contributed by atoms with van der Waals surface area (Å²) in [5, 5.41) is 2.31. The van der Waals surface area contributed by atoms with Crippen molar-refractivity contribution in [2.45, 2.75) is 0 Å². The Hall–Kier alpha value is -2.42. The van der Waals surface area contributed by atoms with E-state index >= 15 is 0 Å². The summed E-state index contributed by atoms with van der Waals surface area (Å²) in [6.07, 6.45) is 3.41. The van der Waals surface area contributed by atoms with Gasteiger partial charge in [0, 0.05) is 40.3 Å². The second-order valence-electron chi connectivity index (χ2n) is 4.00. The van der Waals surface area contributed by atoms with E-state index in [-0.39, 0.29) is 0 Å². The van der Waals surface area contributed by atoms with Crippen LogP contribution in [0.25, 0.3) is 32.8 Å². The number of aromatic amines is 1. The summed E-state index contributed by atoms with van der Waals surface area (Å²) >= 11 is 0. The van der Waals surface area contributed by atoms with E-state index in [1.165, 1.54) is 5.39 Å². The van der Waals surface area contributed by atoms with Crippen molar-refractivity contribution < 1.29 is 0 Å². The molecule has 0 bridgehead atoms. The number of H-pyrrole nitrogens is 1. The summed E-state index contributed by atoms with van der Waals surface area (Å²) in [6, 6.07) is 13.3. The largest absolute Gasteiger partial charge is 0.354 e. The second-order valence-corrected chi connectivity index (χ2v) is 4.00. The summed E-state index contributed by atoms with van der Waals surface area (Å²) < 4.78 is 0. The normalized spacial score (nSPS) is 11.5. The lowest BCUT2D eigenvalue weighted by Gasteiger charge is -1.97. The van der Waals surface area contributed by atoms with Gasteiger partial charge in [-0.3, -0.25) is 9.97 Å². The van der Waals surface area contributed by atoms with Crippen LogP contribution in [0.3, 0.4) is 0 Å². The summed E-state index contributed by atoms with van der Waals surface area (Å²) in [5.41, 5.74) is 3.89. The van der Waals surface area contributed by atoms with Gasteiger partial charge in [-0.25, -0.2) is 0 Å². The molecular weight excluding hydrogens is 210 g/mol. The number of fused-ring (bicyclic) bond motifs is 5. The molecule has 1 N–H and O–H groups in total. The molecule has 79 valence electrons. The van der Waals surface area contributed by atoms with E-state index < -0.39 is 0 Å². The molecule has 2 aromatic heterocycles. The monoisotopic (exact) mass is 218 g/mol. The molecule has 2 heterocycles. The van der Waals surface area contributed by atoms with Crippen LogP contribution in [0.15, 0.2) is 42.7 Å².